The summed E-state index contributed by atoms with van der Waals surface area (Å²) in [6.07, 6.45) is 1.36. The molecule has 1 N–H and O–H groups in total. The van der Waals surface area contributed by atoms with Crippen molar-refractivity contribution < 1.29 is 19.1 Å². The maximum absolute atomic E-state index is 13.9. The van der Waals surface area contributed by atoms with Crippen LogP contribution < -0.4 is 4.74 Å². The average molecular weight is 545 g/mol. The summed E-state index contributed by atoms with van der Waals surface area (Å²) in [5, 5.41) is 1.04. The van der Waals surface area contributed by atoms with Gasteiger partial charge in [0.05, 0.1) is 17.4 Å². The molecule has 2 aliphatic heterocycles. The fraction of sp³-hybridized carbons (Fsp3) is 0.438. The molecular weight excluding hydrogens is 504 g/mol. The lowest BCUT2D eigenvalue weighted by molar-refractivity contribution is -0.140. The highest BCUT2D eigenvalue weighted by Crippen LogP contribution is 2.40. The van der Waals surface area contributed by atoms with Gasteiger partial charge in [-0.15, -0.1) is 0 Å². The van der Waals surface area contributed by atoms with Crippen LogP contribution in [0.15, 0.2) is 54.7 Å². The molecule has 5 rings (SSSR count). The van der Waals surface area contributed by atoms with E-state index < -0.39 is 11.4 Å². The molecule has 40 heavy (non-hydrogen) atoms. The van der Waals surface area contributed by atoms with E-state index in [0.717, 1.165) is 49.2 Å². The fourth-order valence-corrected chi connectivity index (χ4v) is 5.63. The van der Waals surface area contributed by atoms with Crippen LogP contribution in [0, 0.1) is 0 Å². The second-order valence-corrected chi connectivity index (χ2v) is 11.8. The summed E-state index contributed by atoms with van der Waals surface area (Å²) in [6.45, 7) is 13.9. The van der Waals surface area contributed by atoms with Crippen molar-refractivity contribution in [3.05, 3.63) is 71.6 Å². The minimum atomic E-state index is -0.459. The number of H-pyrrole nitrogens is 1. The van der Waals surface area contributed by atoms with E-state index in [1.807, 2.05) is 44.2 Å². The molecule has 0 bridgehead atoms. The van der Waals surface area contributed by atoms with Gasteiger partial charge in [0.1, 0.15) is 12.4 Å². The van der Waals surface area contributed by atoms with Gasteiger partial charge in [-0.25, -0.2) is 4.79 Å². The Labute approximate surface area is 236 Å². The highest BCUT2D eigenvalue weighted by Gasteiger charge is 2.37. The molecular formula is C32H40N4O4. The number of aromatic amines is 1. The molecule has 0 saturated carbocycles. The molecule has 3 aromatic rings. The van der Waals surface area contributed by atoms with E-state index in [2.05, 4.69) is 41.7 Å². The van der Waals surface area contributed by atoms with Gasteiger partial charge in [-0.3, -0.25) is 9.69 Å². The summed E-state index contributed by atoms with van der Waals surface area (Å²) in [5.41, 5.74) is 3.07. The maximum Gasteiger partial charge on any atom is 0.342 e. The smallest absolute Gasteiger partial charge is 0.342 e. The number of benzene rings is 2. The van der Waals surface area contributed by atoms with Crippen molar-refractivity contribution in [3.8, 4) is 5.75 Å². The van der Waals surface area contributed by atoms with Crippen molar-refractivity contribution in [3.63, 3.8) is 0 Å². The van der Waals surface area contributed by atoms with Crippen LogP contribution in [0.25, 0.3) is 16.5 Å². The number of rotatable bonds is 7. The zero-order chi connectivity index (χ0) is 28.4. The van der Waals surface area contributed by atoms with Crippen molar-refractivity contribution in [1.82, 2.24) is 19.7 Å². The van der Waals surface area contributed by atoms with Crippen LogP contribution in [-0.4, -0.2) is 90.6 Å². The number of hydrogen-bond acceptors (Lipinski definition) is 6. The predicted octanol–water partition coefficient (Wildman–Crippen LogP) is 4.52. The van der Waals surface area contributed by atoms with Crippen LogP contribution in [0.4, 0.5) is 0 Å². The third kappa shape index (κ3) is 5.93. The van der Waals surface area contributed by atoms with E-state index in [1.54, 1.807) is 23.2 Å². The number of hydrogen-bond donors (Lipinski definition) is 1. The average Bonchev–Trinajstić information content (AvgIpc) is 3.26. The quantitative estimate of drug-likeness (QED) is 0.441. The highest BCUT2D eigenvalue weighted by molar-refractivity contribution is 6.18. The number of likely N-dealkylation sites (N-methyl/N-ethyl adjacent to an activating group) is 1. The minimum Gasteiger partial charge on any atom is -0.492 e. The normalized spacial score (nSPS) is 17.9. The van der Waals surface area contributed by atoms with Crippen molar-refractivity contribution in [2.75, 3.05) is 52.9 Å². The number of aromatic nitrogens is 1. The van der Waals surface area contributed by atoms with Crippen molar-refractivity contribution in [1.29, 1.82) is 0 Å². The fourth-order valence-electron chi connectivity index (χ4n) is 5.63. The number of ether oxygens (including phenoxy) is 2. The lowest BCUT2D eigenvalue weighted by atomic mass is 9.81. The topological polar surface area (TPSA) is 78.1 Å². The SMILES string of the molecule is CC(C)OC(=O)C1=CN(C(=O)c2cccc(OCCN3CCN(C)CC3)c2)CC(C)(C)c2c1[nH]c1ccccc21. The Morgan fingerprint density at radius 1 is 1.02 bits per heavy atom. The van der Waals surface area contributed by atoms with Crippen LogP contribution in [0.5, 0.6) is 5.75 Å². The van der Waals surface area contributed by atoms with Gasteiger partial charge in [0, 0.05) is 67.3 Å². The van der Waals surface area contributed by atoms with E-state index in [1.165, 1.54) is 0 Å². The largest absolute Gasteiger partial charge is 0.492 e. The maximum atomic E-state index is 13.9. The number of nitrogens with zero attached hydrogens (tertiary/aromatic N) is 3. The standard InChI is InChI=1S/C32H40N4O4/c1-22(2)40-31(38)26-20-36(21-32(3,4)28-25-11-6-7-12-27(25)33-29(26)28)30(37)23-9-8-10-24(19-23)39-18-17-35-15-13-34(5)14-16-35/h6-12,19-20,22,33H,13-18,21H2,1-5H3. The van der Waals surface area contributed by atoms with E-state index in [0.29, 0.717) is 35.7 Å². The first kappa shape index (κ1) is 27.9. The lowest BCUT2D eigenvalue weighted by Crippen LogP contribution is -2.45. The summed E-state index contributed by atoms with van der Waals surface area (Å²) in [6, 6.07) is 15.3. The summed E-state index contributed by atoms with van der Waals surface area (Å²) >= 11 is 0. The Hall–Kier alpha value is -3.62. The number of esters is 1. The molecule has 2 aliphatic rings. The molecule has 3 heterocycles. The number of carbonyl (C=O) groups excluding carboxylic acids is 2. The molecule has 8 heteroatoms. The van der Waals surface area contributed by atoms with Gasteiger partial charge in [0.15, 0.2) is 0 Å². The second kappa shape index (κ2) is 11.5. The monoisotopic (exact) mass is 544 g/mol. The molecule has 0 spiro atoms. The molecule has 2 aromatic carbocycles. The molecule has 1 fully saturated rings. The summed E-state index contributed by atoms with van der Waals surface area (Å²) < 4.78 is 11.7. The zero-order valence-corrected chi connectivity index (χ0v) is 24.2. The van der Waals surface area contributed by atoms with E-state index in [4.69, 9.17) is 9.47 Å². The van der Waals surface area contributed by atoms with Gasteiger partial charge in [-0.1, -0.05) is 38.1 Å². The molecule has 0 radical (unpaired) electrons. The molecule has 1 saturated heterocycles. The second-order valence-electron chi connectivity index (χ2n) is 11.8. The molecule has 1 aromatic heterocycles. The molecule has 0 aliphatic carbocycles. The van der Waals surface area contributed by atoms with E-state index in [-0.39, 0.29) is 12.0 Å². The van der Waals surface area contributed by atoms with Gasteiger partial charge in [-0.2, -0.15) is 0 Å². The minimum absolute atomic E-state index is 0.193. The first-order valence-electron chi connectivity index (χ1n) is 14.1. The number of piperazine rings is 1. The first-order chi connectivity index (χ1) is 19.1. The number of nitrogens with one attached hydrogen (secondary N) is 1. The van der Waals surface area contributed by atoms with E-state index in [9.17, 15) is 9.59 Å². The third-order valence-electron chi connectivity index (χ3n) is 7.68. The number of fused-ring (bicyclic) bond motifs is 3. The molecule has 8 nitrogen and oxygen atoms in total. The number of para-hydroxylation sites is 1. The van der Waals surface area contributed by atoms with E-state index >= 15 is 0 Å². The van der Waals surface area contributed by atoms with Crippen molar-refractivity contribution in [2.45, 2.75) is 39.2 Å². The van der Waals surface area contributed by atoms with Crippen LogP contribution in [0.3, 0.4) is 0 Å². The molecule has 0 atom stereocenters. The highest BCUT2D eigenvalue weighted by atomic mass is 16.5. The predicted molar refractivity (Wildman–Crippen MR) is 157 cm³/mol. The van der Waals surface area contributed by atoms with Gasteiger partial charge in [0.2, 0.25) is 0 Å². The summed E-state index contributed by atoms with van der Waals surface area (Å²) in [7, 11) is 2.15. The van der Waals surface area contributed by atoms with Crippen LogP contribution in [0.1, 0.15) is 49.3 Å². The van der Waals surface area contributed by atoms with Crippen molar-refractivity contribution >= 4 is 28.4 Å². The molecule has 212 valence electrons. The van der Waals surface area contributed by atoms with Crippen LogP contribution in [0.2, 0.25) is 0 Å². The summed E-state index contributed by atoms with van der Waals surface area (Å²) in [5.74, 6) is 0.00916. The van der Waals surface area contributed by atoms with Crippen molar-refractivity contribution in [2.24, 2.45) is 0 Å². The number of amides is 1. The van der Waals surface area contributed by atoms with Gasteiger partial charge in [0.25, 0.3) is 5.91 Å². The van der Waals surface area contributed by atoms with Crippen LogP contribution >= 0.6 is 0 Å². The van der Waals surface area contributed by atoms with Gasteiger partial charge in [-0.05, 0) is 50.7 Å². The Kier molecular flexibility index (Phi) is 8.01. The van der Waals surface area contributed by atoms with Gasteiger partial charge < -0.3 is 24.3 Å². The Bertz CT molecular complexity index is 1420. The first-order valence-corrected chi connectivity index (χ1v) is 14.1. The Balaban J connectivity index is 1.41. The Morgan fingerprint density at radius 3 is 2.52 bits per heavy atom. The summed E-state index contributed by atoms with van der Waals surface area (Å²) in [4.78, 5) is 37.1. The number of carbonyl (C=O) groups is 2. The molecule has 0 unspecified atom stereocenters. The molecule has 1 amide bonds. The Morgan fingerprint density at radius 2 is 1.77 bits per heavy atom. The lowest BCUT2D eigenvalue weighted by Gasteiger charge is -2.32. The third-order valence-corrected chi connectivity index (χ3v) is 7.68. The van der Waals surface area contributed by atoms with Gasteiger partial charge >= 0.3 is 5.97 Å². The zero-order valence-electron chi connectivity index (χ0n) is 24.2. The van der Waals surface area contributed by atoms with Crippen LogP contribution in [-0.2, 0) is 14.9 Å².